The van der Waals surface area contributed by atoms with Crippen molar-refractivity contribution in [2.45, 2.75) is 45.1 Å². The first-order valence-electron chi connectivity index (χ1n) is 10.5. The third-order valence-corrected chi connectivity index (χ3v) is 5.92. The maximum atomic E-state index is 13.0. The summed E-state index contributed by atoms with van der Waals surface area (Å²) in [7, 11) is 1.68. The third kappa shape index (κ3) is 6.51. The van der Waals surface area contributed by atoms with Crippen LogP contribution in [-0.4, -0.2) is 62.2 Å². The molecule has 1 saturated heterocycles. The fourth-order valence-electron chi connectivity index (χ4n) is 4.11. The topological polar surface area (TPSA) is 42.0 Å². The van der Waals surface area contributed by atoms with Crippen LogP contribution >= 0.6 is 0 Å². The van der Waals surface area contributed by atoms with Crippen molar-refractivity contribution < 1.29 is 14.3 Å². The molecule has 5 nitrogen and oxygen atoms in total. The highest BCUT2D eigenvalue weighted by Crippen LogP contribution is 2.28. The Labute approximate surface area is 163 Å². The van der Waals surface area contributed by atoms with Crippen LogP contribution in [0.3, 0.4) is 0 Å². The average Bonchev–Trinajstić information content (AvgIpc) is 3.24. The van der Waals surface area contributed by atoms with Crippen LogP contribution in [-0.2, 0) is 16.1 Å². The monoisotopic (exact) mass is 374 g/mol. The van der Waals surface area contributed by atoms with Gasteiger partial charge in [-0.15, -0.1) is 0 Å². The number of carbonyl (C=O) groups excluding carboxylic acids is 1. The molecule has 0 unspecified atom stereocenters. The minimum absolute atomic E-state index is 0.297. The molecule has 1 aromatic carbocycles. The van der Waals surface area contributed by atoms with Gasteiger partial charge in [0, 0.05) is 39.1 Å². The van der Waals surface area contributed by atoms with Gasteiger partial charge in [0.15, 0.2) is 0 Å². The Kier molecular flexibility index (Phi) is 7.96. The minimum atomic E-state index is 0.297. The van der Waals surface area contributed by atoms with Crippen molar-refractivity contribution in [1.29, 1.82) is 0 Å². The molecule has 1 aliphatic heterocycles. The molecule has 2 aliphatic rings. The number of benzene rings is 1. The van der Waals surface area contributed by atoms with E-state index in [0.717, 1.165) is 63.0 Å². The molecule has 5 heteroatoms. The summed E-state index contributed by atoms with van der Waals surface area (Å²) < 4.78 is 10.7. The fraction of sp³-hybridized carbons (Fsp3) is 0.682. The van der Waals surface area contributed by atoms with Crippen LogP contribution in [0, 0.1) is 5.92 Å². The first-order chi connectivity index (χ1) is 13.2. The van der Waals surface area contributed by atoms with Crippen LogP contribution in [0.5, 0.6) is 5.75 Å². The molecule has 27 heavy (non-hydrogen) atoms. The van der Waals surface area contributed by atoms with Gasteiger partial charge < -0.3 is 14.4 Å². The Morgan fingerprint density at radius 2 is 1.89 bits per heavy atom. The molecule has 0 spiro atoms. The summed E-state index contributed by atoms with van der Waals surface area (Å²) in [6, 6.07) is 8.06. The lowest BCUT2D eigenvalue weighted by Crippen LogP contribution is -2.42. The van der Waals surface area contributed by atoms with Crippen molar-refractivity contribution in [3.8, 4) is 5.75 Å². The number of morpholine rings is 1. The molecule has 3 rings (SSSR count). The van der Waals surface area contributed by atoms with Crippen LogP contribution in [0.15, 0.2) is 24.3 Å². The first-order valence-corrected chi connectivity index (χ1v) is 10.5. The molecule has 0 bridgehead atoms. The Balaban J connectivity index is 1.56. The van der Waals surface area contributed by atoms with Crippen LogP contribution in [0.25, 0.3) is 0 Å². The van der Waals surface area contributed by atoms with Crippen molar-refractivity contribution in [2.75, 3.05) is 46.5 Å². The zero-order valence-electron chi connectivity index (χ0n) is 16.7. The van der Waals surface area contributed by atoms with Gasteiger partial charge >= 0.3 is 0 Å². The van der Waals surface area contributed by atoms with Crippen LogP contribution in [0.4, 0.5) is 0 Å². The normalized spacial score (nSPS) is 18.6. The first kappa shape index (κ1) is 20.2. The summed E-state index contributed by atoms with van der Waals surface area (Å²) >= 11 is 0. The molecule has 0 aromatic heterocycles. The van der Waals surface area contributed by atoms with Gasteiger partial charge in [-0.2, -0.15) is 0 Å². The maximum Gasteiger partial charge on any atom is 0.222 e. The molecule has 1 saturated carbocycles. The Morgan fingerprint density at radius 1 is 1.19 bits per heavy atom. The summed E-state index contributed by atoms with van der Waals surface area (Å²) in [6.07, 6.45) is 7.02. The summed E-state index contributed by atoms with van der Waals surface area (Å²) in [5, 5.41) is 0. The summed E-state index contributed by atoms with van der Waals surface area (Å²) in [4.78, 5) is 17.4. The highest BCUT2D eigenvalue weighted by Gasteiger charge is 2.20. The van der Waals surface area contributed by atoms with E-state index in [0.29, 0.717) is 18.9 Å². The van der Waals surface area contributed by atoms with Gasteiger partial charge in [-0.05, 0) is 30.0 Å². The lowest BCUT2D eigenvalue weighted by atomic mass is 10.0. The molecular formula is C22H34N2O3. The molecule has 0 atom stereocenters. The molecule has 150 valence electrons. The van der Waals surface area contributed by atoms with E-state index in [-0.39, 0.29) is 0 Å². The van der Waals surface area contributed by atoms with E-state index in [1.807, 2.05) is 17.0 Å². The fourth-order valence-corrected chi connectivity index (χ4v) is 4.11. The van der Waals surface area contributed by atoms with Crippen molar-refractivity contribution in [3.63, 3.8) is 0 Å². The maximum absolute atomic E-state index is 13.0. The SMILES string of the molecule is COc1ccc(CN(CCN2CCOCC2)C(=O)CCC2CCCC2)cc1. The predicted molar refractivity (Wildman–Crippen MR) is 107 cm³/mol. The van der Waals surface area contributed by atoms with Gasteiger partial charge in [-0.25, -0.2) is 0 Å². The Hall–Kier alpha value is -1.59. The van der Waals surface area contributed by atoms with Crippen molar-refractivity contribution in [1.82, 2.24) is 9.80 Å². The lowest BCUT2D eigenvalue weighted by molar-refractivity contribution is -0.132. The second kappa shape index (κ2) is 10.7. The molecule has 0 N–H and O–H groups in total. The standard InChI is InChI=1S/C22H34N2O3/c1-26-21-9-6-20(7-10-21)18-24(13-12-23-14-16-27-17-15-23)22(25)11-8-19-4-2-3-5-19/h6-7,9-10,19H,2-5,8,11-18H2,1H3. The minimum Gasteiger partial charge on any atom is -0.497 e. The summed E-state index contributed by atoms with van der Waals surface area (Å²) in [5.41, 5.74) is 1.16. The van der Waals surface area contributed by atoms with E-state index in [4.69, 9.17) is 9.47 Å². The van der Waals surface area contributed by atoms with Gasteiger partial charge in [-0.3, -0.25) is 9.69 Å². The third-order valence-electron chi connectivity index (χ3n) is 5.92. The Morgan fingerprint density at radius 3 is 2.56 bits per heavy atom. The van der Waals surface area contributed by atoms with Gasteiger partial charge in [0.05, 0.1) is 20.3 Å². The number of hydrogen-bond donors (Lipinski definition) is 0. The largest absolute Gasteiger partial charge is 0.497 e. The predicted octanol–water partition coefficient (Wildman–Crippen LogP) is 3.33. The average molecular weight is 375 g/mol. The number of nitrogens with zero attached hydrogens (tertiary/aromatic N) is 2. The van der Waals surface area contributed by atoms with E-state index in [2.05, 4.69) is 17.0 Å². The van der Waals surface area contributed by atoms with Crippen LogP contribution in [0.2, 0.25) is 0 Å². The molecular weight excluding hydrogens is 340 g/mol. The second-order valence-electron chi connectivity index (χ2n) is 7.81. The van der Waals surface area contributed by atoms with Gasteiger partial charge in [-0.1, -0.05) is 37.8 Å². The highest BCUT2D eigenvalue weighted by atomic mass is 16.5. The summed E-state index contributed by atoms with van der Waals surface area (Å²) in [5.74, 6) is 1.91. The molecule has 1 heterocycles. The lowest BCUT2D eigenvalue weighted by Gasteiger charge is -2.30. The number of amides is 1. The zero-order valence-corrected chi connectivity index (χ0v) is 16.7. The van der Waals surface area contributed by atoms with E-state index < -0.39 is 0 Å². The van der Waals surface area contributed by atoms with Gasteiger partial charge in [0.25, 0.3) is 0 Å². The van der Waals surface area contributed by atoms with Gasteiger partial charge in [0.1, 0.15) is 5.75 Å². The number of methoxy groups -OCH3 is 1. The van der Waals surface area contributed by atoms with E-state index in [1.165, 1.54) is 25.7 Å². The highest BCUT2D eigenvalue weighted by molar-refractivity contribution is 5.76. The molecule has 1 aliphatic carbocycles. The second-order valence-corrected chi connectivity index (χ2v) is 7.81. The molecule has 0 radical (unpaired) electrons. The molecule has 1 aromatic rings. The van der Waals surface area contributed by atoms with E-state index in [1.54, 1.807) is 7.11 Å². The quantitative estimate of drug-likeness (QED) is 0.665. The molecule has 2 fully saturated rings. The number of carbonyl (C=O) groups is 1. The molecule has 1 amide bonds. The van der Waals surface area contributed by atoms with Crippen molar-refractivity contribution >= 4 is 5.91 Å². The zero-order chi connectivity index (χ0) is 18.9. The number of hydrogen-bond acceptors (Lipinski definition) is 4. The van der Waals surface area contributed by atoms with Crippen LogP contribution in [0.1, 0.15) is 44.1 Å². The number of rotatable bonds is 9. The van der Waals surface area contributed by atoms with Gasteiger partial charge in [0.2, 0.25) is 5.91 Å². The smallest absolute Gasteiger partial charge is 0.222 e. The summed E-state index contributed by atoms with van der Waals surface area (Å²) in [6.45, 7) is 5.92. The Bertz CT molecular complexity index is 563. The van der Waals surface area contributed by atoms with Crippen molar-refractivity contribution in [3.05, 3.63) is 29.8 Å². The van der Waals surface area contributed by atoms with E-state index in [9.17, 15) is 4.79 Å². The van der Waals surface area contributed by atoms with Crippen LogP contribution < -0.4 is 4.74 Å². The van der Waals surface area contributed by atoms with Crippen molar-refractivity contribution in [2.24, 2.45) is 5.92 Å². The van der Waals surface area contributed by atoms with E-state index >= 15 is 0 Å². The number of ether oxygens (including phenoxy) is 2.